The molecule has 7 nitrogen and oxygen atoms in total. The molecule has 5 aliphatic rings. The lowest BCUT2D eigenvalue weighted by molar-refractivity contribution is -0.260. The minimum absolute atomic E-state index is 0.0351. The highest BCUT2D eigenvalue weighted by Crippen LogP contribution is 2.57. The largest absolute Gasteiger partial charge is 0.481 e. The van der Waals surface area contributed by atoms with Crippen LogP contribution in [0.2, 0.25) is 0 Å². The number of pyridine rings is 1. The van der Waals surface area contributed by atoms with Crippen molar-refractivity contribution >= 4 is 29.5 Å². The predicted octanol–water partition coefficient (Wildman–Crippen LogP) is 4.41. The predicted molar refractivity (Wildman–Crippen MR) is 128 cm³/mol. The van der Waals surface area contributed by atoms with Crippen LogP contribution < -0.4 is 10.2 Å². The summed E-state index contributed by atoms with van der Waals surface area (Å²) in [6, 6.07) is 3.56. The molecule has 1 aromatic heterocycles. The molecular formula is C25H33F2N3O4S. The van der Waals surface area contributed by atoms with Crippen molar-refractivity contribution in [2.75, 3.05) is 23.7 Å². The van der Waals surface area contributed by atoms with Crippen LogP contribution in [0.4, 0.5) is 14.6 Å². The monoisotopic (exact) mass is 509 g/mol. The zero-order valence-corrected chi connectivity index (χ0v) is 20.7. The number of hydrogen-bond acceptors (Lipinski definition) is 6. The lowest BCUT2D eigenvalue weighted by Crippen LogP contribution is -2.62. The molecule has 2 heterocycles. The Kier molecular flexibility index (Phi) is 6.96. The number of hydrogen-bond donors (Lipinski definition) is 2. The number of aromatic nitrogens is 1. The molecule has 0 aromatic carbocycles. The lowest BCUT2D eigenvalue weighted by atomic mass is 9.52. The molecule has 1 amide bonds. The molecule has 3 unspecified atom stereocenters. The molecule has 4 bridgehead atoms. The Bertz CT molecular complexity index is 960. The third kappa shape index (κ3) is 5.01. The van der Waals surface area contributed by atoms with Crippen molar-refractivity contribution < 1.29 is 28.2 Å². The number of ether oxygens (including phenoxy) is 1. The van der Waals surface area contributed by atoms with E-state index < -0.39 is 24.1 Å². The molecule has 1 saturated heterocycles. The maximum atomic E-state index is 13.4. The standard InChI is InChI=1S/C25H33F2N3O4S/c1-2-7-35-22-18(3-4-19(28-22)30-6-5-15(13-30)23(32)33)21(31)29-20-16-8-14-9-17(20)12-25(10-14,11-16)34-24(26)27/h3-4,14-17,20,24H,2,5-13H2,1H3,(H,29,31)(H,32,33)/t14?,15?,16?,17?,20-,25-. The average molecular weight is 510 g/mol. The van der Waals surface area contributed by atoms with E-state index in [-0.39, 0.29) is 23.8 Å². The van der Waals surface area contributed by atoms with E-state index in [2.05, 4.69) is 12.2 Å². The minimum atomic E-state index is -2.76. The fourth-order valence-electron chi connectivity index (χ4n) is 7.01. The van der Waals surface area contributed by atoms with Gasteiger partial charge in [0.05, 0.1) is 17.1 Å². The Morgan fingerprint density at radius 3 is 2.66 bits per heavy atom. The van der Waals surface area contributed by atoms with Gasteiger partial charge in [0.2, 0.25) is 0 Å². The van der Waals surface area contributed by atoms with Crippen LogP contribution in [0.1, 0.15) is 62.2 Å². The Morgan fingerprint density at radius 1 is 1.29 bits per heavy atom. The number of anilines is 1. The van der Waals surface area contributed by atoms with Crippen LogP contribution in [-0.4, -0.2) is 59.1 Å². The van der Waals surface area contributed by atoms with Crippen molar-refractivity contribution in [2.45, 2.75) is 75.1 Å². The molecule has 1 aromatic rings. The number of carboxylic acids is 1. The van der Waals surface area contributed by atoms with E-state index in [1.54, 1.807) is 12.1 Å². The number of halogens is 2. The van der Waals surface area contributed by atoms with Crippen LogP contribution >= 0.6 is 11.8 Å². The van der Waals surface area contributed by atoms with Gasteiger partial charge in [-0.05, 0) is 80.6 Å². The third-order valence-corrected chi connectivity index (χ3v) is 9.45. The van der Waals surface area contributed by atoms with Gasteiger partial charge in [0, 0.05) is 19.1 Å². The van der Waals surface area contributed by atoms with Crippen LogP contribution in [0.25, 0.3) is 0 Å². The van der Waals surface area contributed by atoms with E-state index >= 15 is 0 Å². The summed E-state index contributed by atoms with van der Waals surface area (Å²) in [5.41, 5.74) is -0.214. The van der Waals surface area contributed by atoms with Crippen LogP contribution in [0.15, 0.2) is 17.2 Å². The van der Waals surface area contributed by atoms with Gasteiger partial charge in [-0.25, -0.2) is 4.98 Å². The van der Waals surface area contributed by atoms with Gasteiger partial charge in [0.15, 0.2) is 0 Å². The van der Waals surface area contributed by atoms with E-state index in [1.165, 1.54) is 11.8 Å². The molecule has 35 heavy (non-hydrogen) atoms. The summed E-state index contributed by atoms with van der Waals surface area (Å²) < 4.78 is 31.3. The van der Waals surface area contributed by atoms with Crippen molar-refractivity contribution in [1.29, 1.82) is 0 Å². The highest BCUT2D eigenvalue weighted by molar-refractivity contribution is 7.99. The number of carbonyl (C=O) groups is 2. The number of carbonyl (C=O) groups excluding carboxylic acids is 1. The van der Waals surface area contributed by atoms with Gasteiger partial charge in [-0.1, -0.05) is 6.92 Å². The van der Waals surface area contributed by atoms with Crippen LogP contribution in [0, 0.1) is 23.7 Å². The van der Waals surface area contributed by atoms with Gasteiger partial charge in [-0.3, -0.25) is 9.59 Å². The summed E-state index contributed by atoms with van der Waals surface area (Å²) in [7, 11) is 0. The maximum Gasteiger partial charge on any atom is 0.345 e. The second kappa shape index (κ2) is 9.84. The number of carboxylic acid groups (broad SMARTS) is 1. The molecule has 0 radical (unpaired) electrons. The third-order valence-electron chi connectivity index (χ3n) is 8.25. The SMILES string of the molecule is CCCSc1nc(N2CCC(C(=O)O)C2)ccc1C(=O)N[C@H]1C2CC3CC1C[C@](OC(F)F)(C3)C2. The first-order valence-electron chi connectivity index (χ1n) is 12.7. The molecule has 2 N–H and O–H groups in total. The smallest absolute Gasteiger partial charge is 0.345 e. The Balaban J connectivity index is 1.31. The summed E-state index contributed by atoms with van der Waals surface area (Å²) in [5.74, 6) is 0.852. The number of nitrogens with zero attached hydrogens (tertiary/aromatic N) is 2. The van der Waals surface area contributed by atoms with Crippen LogP contribution in [0.3, 0.4) is 0 Å². The molecule has 192 valence electrons. The zero-order chi connectivity index (χ0) is 24.7. The van der Waals surface area contributed by atoms with Crippen molar-refractivity contribution in [2.24, 2.45) is 23.7 Å². The molecule has 10 heteroatoms. The molecular weight excluding hydrogens is 476 g/mol. The Labute approximate surface area is 208 Å². The number of nitrogens with one attached hydrogen (secondary N) is 1. The fraction of sp³-hybridized carbons (Fsp3) is 0.720. The van der Waals surface area contributed by atoms with E-state index in [1.807, 2.05) is 4.90 Å². The van der Waals surface area contributed by atoms with Crippen molar-refractivity contribution in [3.8, 4) is 0 Å². The van der Waals surface area contributed by atoms with Crippen LogP contribution in [0.5, 0.6) is 0 Å². The molecule has 4 aliphatic carbocycles. The molecule has 6 rings (SSSR count). The lowest BCUT2D eigenvalue weighted by Gasteiger charge is -2.59. The zero-order valence-electron chi connectivity index (χ0n) is 19.9. The fourth-order valence-corrected chi connectivity index (χ4v) is 7.88. The normalized spacial score (nSPS) is 33.5. The summed E-state index contributed by atoms with van der Waals surface area (Å²) >= 11 is 1.53. The molecule has 5 fully saturated rings. The highest BCUT2D eigenvalue weighted by atomic mass is 32.2. The van der Waals surface area contributed by atoms with Crippen LogP contribution in [-0.2, 0) is 9.53 Å². The van der Waals surface area contributed by atoms with Crippen molar-refractivity contribution in [3.05, 3.63) is 17.7 Å². The van der Waals surface area contributed by atoms with Gasteiger partial charge in [-0.15, -0.1) is 11.8 Å². The molecule has 0 spiro atoms. The van der Waals surface area contributed by atoms with Gasteiger partial charge in [-0.2, -0.15) is 8.78 Å². The van der Waals surface area contributed by atoms with Gasteiger partial charge in [0.25, 0.3) is 5.91 Å². The van der Waals surface area contributed by atoms with E-state index in [4.69, 9.17) is 9.72 Å². The average Bonchev–Trinajstić information content (AvgIpc) is 3.29. The minimum Gasteiger partial charge on any atom is -0.481 e. The number of amides is 1. The molecule has 1 aliphatic heterocycles. The summed E-state index contributed by atoms with van der Waals surface area (Å²) in [5, 5.41) is 13.2. The summed E-state index contributed by atoms with van der Waals surface area (Å²) in [6.45, 7) is 0.354. The quantitative estimate of drug-likeness (QED) is 0.477. The second-order valence-electron chi connectivity index (χ2n) is 10.7. The van der Waals surface area contributed by atoms with E-state index in [0.29, 0.717) is 61.1 Å². The maximum absolute atomic E-state index is 13.4. The van der Waals surface area contributed by atoms with E-state index in [9.17, 15) is 23.5 Å². The topological polar surface area (TPSA) is 91.8 Å². The van der Waals surface area contributed by atoms with Gasteiger partial charge >= 0.3 is 12.6 Å². The van der Waals surface area contributed by atoms with Crippen molar-refractivity contribution in [1.82, 2.24) is 10.3 Å². The van der Waals surface area contributed by atoms with Gasteiger partial charge < -0.3 is 20.1 Å². The molecule has 4 saturated carbocycles. The number of aliphatic carboxylic acids is 1. The summed E-state index contributed by atoms with van der Waals surface area (Å²) in [4.78, 5) is 31.5. The second-order valence-corrected chi connectivity index (χ2v) is 11.8. The molecule has 3 atom stereocenters. The van der Waals surface area contributed by atoms with Gasteiger partial charge in [0.1, 0.15) is 10.8 Å². The first-order chi connectivity index (χ1) is 16.8. The Hall–Kier alpha value is -1.94. The highest BCUT2D eigenvalue weighted by Gasteiger charge is 2.57. The number of thioether (sulfide) groups is 1. The van der Waals surface area contributed by atoms with Crippen molar-refractivity contribution in [3.63, 3.8) is 0 Å². The first-order valence-corrected chi connectivity index (χ1v) is 13.6. The Morgan fingerprint density at radius 2 is 2.03 bits per heavy atom. The van der Waals surface area contributed by atoms with E-state index in [0.717, 1.165) is 25.0 Å². The number of alkyl halides is 2. The first kappa shape index (κ1) is 24.7. The number of rotatable bonds is 9. The summed E-state index contributed by atoms with van der Waals surface area (Å²) in [6.07, 6.45) is 5.26.